The number of nitrogens with one attached hydrogen (secondary N) is 1. The van der Waals surface area contributed by atoms with Gasteiger partial charge < -0.3 is 10.2 Å². The van der Waals surface area contributed by atoms with Crippen LogP contribution in [0, 0.1) is 6.92 Å². The lowest BCUT2D eigenvalue weighted by Gasteiger charge is -2.32. The number of hydrogen-bond acceptors (Lipinski definition) is 2. The Bertz CT molecular complexity index is 519. The van der Waals surface area contributed by atoms with Gasteiger partial charge in [0.1, 0.15) is 0 Å². The molecule has 0 aromatic heterocycles. The molecule has 1 aliphatic carbocycles. The number of benzene rings is 1. The van der Waals surface area contributed by atoms with Gasteiger partial charge in [-0.3, -0.25) is 4.79 Å². The monoisotopic (exact) mass is 314 g/mol. The van der Waals surface area contributed by atoms with Gasteiger partial charge in [0.2, 0.25) is 5.91 Å². The number of piperidine rings is 1. The van der Waals surface area contributed by atoms with Crippen LogP contribution in [0.25, 0.3) is 0 Å². The molecule has 3 nitrogen and oxygen atoms in total. The van der Waals surface area contributed by atoms with Crippen LogP contribution in [0.2, 0.25) is 0 Å². The van der Waals surface area contributed by atoms with Gasteiger partial charge in [0.25, 0.3) is 0 Å². The van der Waals surface area contributed by atoms with Crippen molar-refractivity contribution in [3.8, 4) is 0 Å². The molecule has 4 rings (SSSR count). The van der Waals surface area contributed by atoms with E-state index in [1.165, 1.54) is 49.7 Å². The second-order valence-electron chi connectivity index (χ2n) is 7.18. The van der Waals surface area contributed by atoms with Gasteiger partial charge in [-0.1, -0.05) is 50.7 Å². The zero-order valence-electron chi connectivity index (χ0n) is 14.4. The van der Waals surface area contributed by atoms with E-state index in [1.807, 2.05) is 4.90 Å². The maximum atomic E-state index is 12.1. The number of fused-ring (bicyclic) bond motifs is 1. The lowest BCUT2D eigenvalue weighted by molar-refractivity contribution is -0.117. The van der Waals surface area contributed by atoms with Crippen molar-refractivity contribution in [3.05, 3.63) is 29.3 Å². The molecule has 0 spiro atoms. The summed E-state index contributed by atoms with van der Waals surface area (Å²) in [7, 11) is 0. The van der Waals surface area contributed by atoms with E-state index >= 15 is 0 Å². The number of hydrogen-bond donors (Lipinski definition) is 1. The van der Waals surface area contributed by atoms with Crippen LogP contribution >= 0.6 is 0 Å². The molecule has 1 saturated heterocycles. The Hall–Kier alpha value is -1.35. The Labute approximate surface area is 140 Å². The van der Waals surface area contributed by atoms with Crippen LogP contribution in [-0.2, 0) is 11.2 Å². The largest absolute Gasteiger partial charge is 0.317 e. The van der Waals surface area contributed by atoms with Gasteiger partial charge in [0.15, 0.2) is 0 Å². The van der Waals surface area contributed by atoms with E-state index in [9.17, 15) is 4.79 Å². The summed E-state index contributed by atoms with van der Waals surface area (Å²) < 4.78 is 0. The van der Waals surface area contributed by atoms with E-state index in [0.717, 1.165) is 31.6 Å². The van der Waals surface area contributed by atoms with Crippen LogP contribution in [-0.4, -0.2) is 25.0 Å². The number of amides is 1. The molecule has 23 heavy (non-hydrogen) atoms. The summed E-state index contributed by atoms with van der Waals surface area (Å²) in [5.41, 5.74) is 3.58. The molecule has 2 heterocycles. The van der Waals surface area contributed by atoms with Crippen LogP contribution in [0.1, 0.15) is 62.5 Å². The second kappa shape index (κ2) is 7.96. The Morgan fingerprint density at radius 1 is 1.00 bits per heavy atom. The normalized spacial score (nSPS) is 21.6. The highest BCUT2D eigenvalue weighted by atomic mass is 16.2. The molecule has 2 aliphatic heterocycles. The topological polar surface area (TPSA) is 32.3 Å². The number of carbonyl (C=O) groups excluding carboxylic acids is 1. The summed E-state index contributed by atoms with van der Waals surface area (Å²) >= 11 is 0. The first-order valence-electron chi connectivity index (χ1n) is 9.38. The zero-order valence-corrected chi connectivity index (χ0v) is 14.4. The van der Waals surface area contributed by atoms with Gasteiger partial charge in [-0.05, 0) is 50.0 Å². The van der Waals surface area contributed by atoms with E-state index < -0.39 is 0 Å². The summed E-state index contributed by atoms with van der Waals surface area (Å²) in [5.74, 6) is 0.275. The molecule has 1 saturated carbocycles. The molecular weight excluding hydrogens is 284 g/mol. The number of rotatable bonds is 1. The van der Waals surface area contributed by atoms with E-state index in [1.54, 1.807) is 0 Å². The molecule has 2 fully saturated rings. The second-order valence-corrected chi connectivity index (χ2v) is 7.18. The van der Waals surface area contributed by atoms with Crippen molar-refractivity contribution in [2.75, 3.05) is 18.0 Å². The van der Waals surface area contributed by atoms with Crippen LogP contribution in [0.3, 0.4) is 0 Å². The summed E-state index contributed by atoms with van der Waals surface area (Å²) in [6.07, 6.45) is 11.7. The summed E-state index contributed by atoms with van der Waals surface area (Å²) in [4.78, 5) is 14.2. The molecule has 3 aliphatic rings. The first-order valence-corrected chi connectivity index (χ1v) is 9.38. The van der Waals surface area contributed by atoms with Crippen molar-refractivity contribution in [1.82, 2.24) is 5.32 Å². The Morgan fingerprint density at radius 2 is 1.61 bits per heavy atom. The quantitative estimate of drug-likeness (QED) is 0.850. The molecule has 0 atom stereocenters. The predicted octanol–water partition coefficient (Wildman–Crippen LogP) is 3.98. The summed E-state index contributed by atoms with van der Waals surface area (Å²) in [6, 6.07) is 6.75. The predicted molar refractivity (Wildman–Crippen MR) is 96.0 cm³/mol. The summed E-state index contributed by atoms with van der Waals surface area (Å²) in [5, 5.41) is 3.35. The fourth-order valence-electron chi connectivity index (χ4n) is 3.96. The van der Waals surface area contributed by atoms with Crippen LogP contribution in [0.5, 0.6) is 0 Å². The van der Waals surface area contributed by atoms with Crippen LogP contribution < -0.4 is 10.2 Å². The van der Waals surface area contributed by atoms with Crippen molar-refractivity contribution < 1.29 is 4.79 Å². The maximum absolute atomic E-state index is 12.1. The smallest absolute Gasteiger partial charge is 0.231 e. The minimum absolute atomic E-state index is 0.275. The van der Waals surface area contributed by atoms with Crippen molar-refractivity contribution >= 4 is 11.6 Å². The highest BCUT2D eigenvalue weighted by Gasteiger charge is 2.33. The molecule has 0 radical (unpaired) electrons. The van der Waals surface area contributed by atoms with Crippen molar-refractivity contribution in [3.63, 3.8) is 0 Å². The van der Waals surface area contributed by atoms with Crippen LogP contribution in [0.4, 0.5) is 5.69 Å². The molecule has 1 amide bonds. The van der Waals surface area contributed by atoms with Gasteiger partial charge in [-0.25, -0.2) is 0 Å². The zero-order chi connectivity index (χ0) is 16.1. The molecule has 0 unspecified atom stereocenters. The molecule has 0 bridgehead atoms. The maximum Gasteiger partial charge on any atom is 0.231 e. The van der Waals surface area contributed by atoms with E-state index in [4.69, 9.17) is 0 Å². The molecule has 3 heteroatoms. The highest BCUT2D eigenvalue weighted by molar-refractivity contribution is 6.02. The third-order valence-electron chi connectivity index (χ3n) is 5.28. The third kappa shape index (κ3) is 4.14. The minimum atomic E-state index is 0.275. The molecule has 1 N–H and O–H groups in total. The number of carbonyl (C=O) groups is 1. The van der Waals surface area contributed by atoms with Crippen molar-refractivity contribution in [2.45, 2.75) is 70.8 Å². The van der Waals surface area contributed by atoms with Crippen molar-refractivity contribution in [2.24, 2.45) is 0 Å². The highest BCUT2D eigenvalue weighted by Crippen LogP contribution is 2.33. The van der Waals surface area contributed by atoms with Gasteiger partial charge in [0.05, 0.1) is 6.42 Å². The lowest BCUT2D eigenvalue weighted by atomic mass is 10.0. The lowest BCUT2D eigenvalue weighted by Crippen LogP contribution is -2.44. The number of nitrogens with zero attached hydrogens (tertiary/aromatic N) is 1. The van der Waals surface area contributed by atoms with E-state index in [-0.39, 0.29) is 5.91 Å². The fraction of sp³-hybridized carbons (Fsp3) is 0.650. The third-order valence-corrected chi connectivity index (χ3v) is 5.28. The van der Waals surface area contributed by atoms with Gasteiger partial charge >= 0.3 is 0 Å². The number of aryl methyl sites for hydroxylation is 1. The van der Waals surface area contributed by atoms with Gasteiger partial charge in [-0.2, -0.15) is 0 Å². The SMILES string of the molecule is C1CCCCC1.Cc1ccc2c(c1)N(C1CCNCC1)C(=O)C2. The first kappa shape index (κ1) is 16.5. The van der Waals surface area contributed by atoms with Crippen LogP contribution in [0.15, 0.2) is 18.2 Å². The Balaban J connectivity index is 0.000000220. The molecular formula is C20H30N2O. The summed E-state index contributed by atoms with van der Waals surface area (Å²) in [6.45, 7) is 4.13. The van der Waals surface area contributed by atoms with Crippen molar-refractivity contribution in [1.29, 1.82) is 0 Å². The average molecular weight is 314 g/mol. The van der Waals surface area contributed by atoms with E-state index in [2.05, 4.69) is 30.4 Å². The van der Waals surface area contributed by atoms with E-state index in [0.29, 0.717) is 12.5 Å². The molecule has 1 aromatic carbocycles. The first-order chi connectivity index (χ1) is 11.3. The average Bonchev–Trinajstić information content (AvgIpc) is 2.93. The molecule has 126 valence electrons. The Morgan fingerprint density at radius 3 is 2.22 bits per heavy atom. The standard InChI is InChI=1S/C14H18N2O.C6H12/c1-10-2-3-11-9-14(17)16(13(11)8-10)12-4-6-15-7-5-12;1-2-4-6-5-3-1/h2-3,8,12,15H,4-7,9H2,1H3;1-6H2. The fourth-order valence-corrected chi connectivity index (χ4v) is 3.96. The van der Waals surface area contributed by atoms with Gasteiger partial charge in [-0.15, -0.1) is 0 Å². The molecule has 1 aromatic rings. The Kier molecular flexibility index (Phi) is 5.71. The van der Waals surface area contributed by atoms with Gasteiger partial charge in [0, 0.05) is 11.7 Å². The minimum Gasteiger partial charge on any atom is -0.317 e. The number of anilines is 1.